The Morgan fingerprint density at radius 2 is 1.89 bits per heavy atom. The van der Waals surface area contributed by atoms with E-state index in [9.17, 15) is 0 Å². The normalized spacial score (nSPS) is 10.8. The SMILES string of the molecule is Cc1nc2ccc(Cl)nn2c1Oc1ccccc1. The van der Waals surface area contributed by atoms with Gasteiger partial charge >= 0.3 is 0 Å². The highest BCUT2D eigenvalue weighted by Crippen LogP contribution is 2.25. The van der Waals surface area contributed by atoms with Crippen molar-refractivity contribution >= 4 is 17.2 Å². The molecule has 2 aromatic heterocycles. The van der Waals surface area contributed by atoms with Gasteiger partial charge in [0, 0.05) is 0 Å². The Morgan fingerprint density at radius 1 is 1.11 bits per heavy atom. The van der Waals surface area contributed by atoms with Crippen LogP contribution in [0.3, 0.4) is 0 Å². The summed E-state index contributed by atoms with van der Waals surface area (Å²) in [5.74, 6) is 1.32. The van der Waals surface area contributed by atoms with Crippen molar-refractivity contribution in [3.63, 3.8) is 0 Å². The van der Waals surface area contributed by atoms with Gasteiger partial charge in [0.1, 0.15) is 16.6 Å². The molecule has 90 valence electrons. The molecular weight excluding hydrogens is 250 g/mol. The third-order valence-electron chi connectivity index (χ3n) is 2.52. The number of benzene rings is 1. The first-order chi connectivity index (χ1) is 8.74. The minimum atomic E-state index is 0.401. The molecule has 0 N–H and O–H groups in total. The standard InChI is InChI=1S/C13H10ClN3O/c1-9-13(18-10-5-3-2-4-6-10)17-12(15-9)8-7-11(14)16-17/h2-8H,1H3. The Morgan fingerprint density at radius 3 is 2.67 bits per heavy atom. The Hall–Kier alpha value is -2.07. The molecule has 4 nitrogen and oxygen atoms in total. The van der Waals surface area contributed by atoms with E-state index in [4.69, 9.17) is 16.3 Å². The Balaban J connectivity index is 2.11. The van der Waals surface area contributed by atoms with Crippen LogP contribution in [0.2, 0.25) is 5.15 Å². The van der Waals surface area contributed by atoms with Gasteiger partial charge in [-0.2, -0.15) is 9.61 Å². The largest absolute Gasteiger partial charge is 0.437 e. The minimum Gasteiger partial charge on any atom is -0.437 e. The first kappa shape index (κ1) is 11.0. The molecule has 0 aliphatic rings. The Labute approximate surface area is 109 Å². The molecule has 0 bridgehead atoms. The summed E-state index contributed by atoms with van der Waals surface area (Å²) in [6.07, 6.45) is 0. The molecule has 0 unspecified atom stereocenters. The van der Waals surface area contributed by atoms with Crippen molar-refractivity contribution in [1.29, 1.82) is 0 Å². The van der Waals surface area contributed by atoms with Crippen molar-refractivity contribution in [3.05, 3.63) is 53.3 Å². The fourth-order valence-electron chi connectivity index (χ4n) is 1.72. The van der Waals surface area contributed by atoms with Crippen LogP contribution in [0.5, 0.6) is 11.6 Å². The quantitative estimate of drug-likeness (QED) is 0.707. The van der Waals surface area contributed by atoms with Crippen LogP contribution in [0, 0.1) is 6.92 Å². The van der Waals surface area contributed by atoms with E-state index in [0.717, 1.165) is 11.4 Å². The summed E-state index contributed by atoms with van der Waals surface area (Å²) >= 11 is 5.89. The number of aromatic nitrogens is 3. The average Bonchev–Trinajstić information content (AvgIpc) is 2.67. The molecule has 0 saturated heterocycles. The van der Waals surface area contributed by atoms with Crippen molar-refractivity contribution in [3.8, 4) is 11.6 Å². The number of aryl methyl sites for hydroxylation is 1. The number of ether oxygens (including phenoxy) is 1. The molecule has 18 heavy (non-hydrogen) atoms. The number of hydrogen-bond acceptors (Lipinski definition) is 3. The number of para-hydroxylation sites is 1. The maximum Gasteiger partial charge on any atom is 0.244 e. The smallest absolute Gasteiger partial charge is 0.244 e. The summed E-state index contributed by atoms with van der Waals surface area (Å²) in [6.45, 7) is 1.88. The van der Waals surface area contributed by atoms with Crippen molar-refractivity contribution in [1.82, 2.24) is 14.6 Å². The minimum absolute atomic E-state index is 0.401. The molecule has 1 aromatic carbocycles. The van der Waals surface area contributed by atoms with Crippen molar-refractivity contribution in [2.24, 2.45) is 0 Å². The van der Waals surface area contributed by atoms with E-state index in [2.05, 4.69) is 10.1 Å². The summed E-state index contributed by atoms with van der Waals surface area (Å²) in [6, 6.07) is 13.0. The zero-order chi connectivity index (χ0) is 12.5. The van der Waals surface area contributed by atoms with Crippen LogP contribution >= 0.6 is 11.6 Å². The molecule has 0 aliphatic carbocycles. The lowest BCUT2D eigenvalue weighted by Crippen LogP contribution is -1.95. The second kappa shape index (κ2) is 4.31. The fraction of sp³-hybridized carbons (Fsp3) is 0.0769. The van der Waals surface area contributed by atoms with E-state index in [-0.39, 0.29) is 0 Å². The molecule has 3 rings (SSSR count). The van der Waals surface area contributed by atoms with E-state index in [1.807, 2.05) is 37.3 Å². The molecule has 0 radical (unpaired) electrons. The van der Waals surface area contributed by atoms with Gasteiger partial charge in [-0.25, -0.2) is 4.98 Å². The van der Waals surface area contributed by atoms with Gasteiger partial charge in [-0.3, -0.25) is 0 Å². The van der Waals surface area contributed by atoms with Crippen LogP contribution < -0.4 is 4.74 Å². The highest BCUT2D eigenvalue weighted by molar-refractivity contribution is 6.29. The number of nitrogens with zero attached hydrogens (tertiary/aromatic N) is 3. The van der Waals surface area contributed by atoms with Crippen molar-refractivity contribution in [2.75, 3.05) is 0 Å². The number of imidazole rings is 1. The van der Waals surface area contributed by atoms with Gasteiger partial charge in [0.25, 0.3) is 0 Å². The van der Waals surface area contributed by atoms with E-state index in [1.54, 1.807) is 16.6 Å². The number of rotatable bonds is 2. The van der Waals surface area contributed by atoms with Crippen molar-refractivity contribution in [2.45, 2.75) is 6.92 Å². The molecule has 0 atom stereocenters. The van der Waals surface area contributed by atoms with Crippen LogP contribution in [0.1, 0.15) is 5.69 Å². The Kier molecular flexibility index (Phi) is 2.64. The van der Waals surface area contributed by atoms with E-state index in [0.29, 0.717) is 16.7 Å². The van der Waals surface area contributed by atoms with Gasteiger partial charge in [0.15, 0.2) is 5.65 Å². The van der Waals surface area contributed by atoms with Crippen LogP contribution in [-0.2, 0) is 0 Å². The van der Waals surface area contributed by atoms with E-state index in [1.165, 1.54) is 0 Å². The second-order valence-corrected chi connectivity index (χ2v) is 4.23. The topological polar surface area (TPSA) is 39.4 Å². The monoisotopic (exact) mass is 259 g/mol. The maximum absolute atomic E-state index is 5.89. The summed E-state index contributed by atoms with van der Waals surface area (Å²) < 4.78 is 7.40. The lowest BCUT2D eigenvalue weighted by Gasteiger charge is -2.05. The van der Waals surface area contributed by atoms with Crippen molar-refractivity contribution < 1.29 is 4.74 Å². The van der Waals surface area contributed by atoms with Gasteiger partial charge in [0.05, 0.1) is 0 Å². The zero-order valence-electron chi connectivity index (χ0n) is 9.67. The molecule has 0 fully saturated rings. The average molecular weight is 260 g/mol. The number of halogens is 1. The Bertz CT molecular complexity index is 694. The van der Waals surface area contributed by atoms with Crippen LogP contribution in [0.4, 0.5) is 0 Å². The molecule has 3 aromatic rings. The lowest BCUT2D eigenvalue weighted by atomic mass is 10.3. The third kappa shape index (κ3) is 1.91. The summed E-state index contributed by atoms with van der Waals surface area (Å²) in [4.78, 5) is 4.37. The molecule has 0 spiro atoms. The van der Waals surface area contributed by atoms with Gasteiger partial charge in [-0.1, -0.05) is 29.8 Å². The molecule has 2 heterocycles. The predicted octanol–water partition coefficient (Wildman–Crippen LogP) is 3.48. The number of hydrogen-bond donors (Lipinski definition) is 0. The zero-order valence-corrected chi connectivity index (χ0v) is 10.4. The van der Waals surface area contributed by atoms with E-state index >= 15 is 0 Å². The highest BCUT2D eigenvalue weighted by atomic mass is 35.5. The van der Waals surface area contributed by atoms with Crippen LogP contribution in [0.15, 0.2) is 42.5 Å². The molecular formula is C13H10ClN3O. The first-order valence-corrected chi connectivity index (χ1v) is 5.86. The lowest BCUT2D eigenvalue weighted by molar-refractivity contribution is 0.445. The first-order valence-electron chi connectivity index (χ1n) is 5.49. The second-order valence-electron chi connectivity index (χ2n) is 3.84. The van der Waals surface area contributed by atoms with Gasteiger partial charge in [-0.05, 0) is 31.2 Å². The highest BCUT2D eigenvalue weighted by Gasteiger charge is 2.12. The van der Waals surface area contributed by atoms with Gasteiger partial charge < -0.3 is 4.74 Å². The fourth-order valence-corrected chi connectivity index (χ4v) is 1.86. The molecule has 0 aliphatic heterocycles. The molecule has 5 heteroatoms. The maximum atomic E-state index is 5.89. The summed E-state index contributed by atoms with van der Waals surface area (Å²) in [5.41, 5.74) is 1.48. The summed E-state index contributed by atoms with van der Waals surface area (Å²) in [5, 5.41) is 4.59. The summed E-state index contributed by atoms with van der Waals surface area (Å²) in [7, 11) is 0. The van der Waals surface area contributed by atoms with Gasteiger partial charge in [-0.15, -0.1) is 0 Å². The number of fused-ring (bicyclic) bond motifs is 1. The third-order valence-corrected chi connectivity index (χ3v) is 2.73. The van der Waals surface area contributed by atoms with E-state index < -0.39 is 0 Å². The van der Waals surface area contributed by atoms with Crippen LogP contribution in [-0.4, -0.2) is 14.6 Å². The van der Waals surface area contributed by atoms with Gasteiger partial charge in [0.2, 0.25) is 5.88 Å². The molecule has 0 saturated carbocycles. The molecule has 0 amide bonds. The predicted molar refractivity (Wildman–Crippen MR) is 69.3 cm³/mol. The van der Waals surface area contributed by atoms with Crippen LogP contribution in [0.25, 0.3) is 5.65 Å².